The number of hydrogen-bond donors (Lipinski definition) is 0. The molecule has 4 rings (SSSR count). The lowest BCUT2D eigenvalue weighted by molar-refractivity contribution is -0.306. The van der Waals surface area contributed by atoms with E-state index < -0.39 is 5.97 Å². The second-order valence-corrected chi connectivity index (χ2v) is 8.05. The van der Waals surface area contributed by atoms with Crippen molar-refractivity contribution in [3.63, 3.8) is 0 Å². The molecule has 0 N–H and O–H groups in total. The highest BCUT2D eigenvalue weighted by Crippen LogP contribution is 2.38. The van der Waals surface area contributed by atoms with Crippen molar-refractivity contribution in [1.29, 1.82) is 0 Å². The van der Waals surface area contributed by atoms with Crippen LogP contribution in [0, 0.1) is 20.8 Å². The molecule has 0 amide bonds. The Morgan fingerprint density at radius 3 is 2.57 bits per heavy atom. The summed E-state index contributed by atoms with van der Waals surface area (Å²) in [5, 5.41) is 10.9. The molecule has 1 aliphatic heterocycles. The van der Waals surface area contributed by atoms with E-state index in [1.165, 1.54) is 27.8 Å². The molecular formula is C26H25O4-. The van der Waals surface area contributed by atoms with E-state index in [2.05, 4.69) is 57.2 Å². The average molecular weight is 401 g/mol. The first-order valence-electron chi connectivity index (χ1n) is 10.2. The minimum atomic E-state index is -1.06. The number of aliphatic carboxylic acids is 1. The fourth-order valence-corrected chi connectivity index (χ4v) is 4.34. The van der Waals surface area contributed by atoms with Gasteiger partial charge in [0.2, 0.25) is 0 Å². The molecule has 3 aromatic carbocycles. The molecule has 1 aliphatic rings. The third-order valence-electron chi connectivity index (χ3n) is 5.58. The fourth-order valence-electron chi connectivity index (χ4n) is 4.34. The van der Waals surface area contributed by atoms with Crippen molar-refractivity contribution >= 4 is 5.97 Å². The number of fused-ring (bicyclic) bond motifs is 1. The number of benzene rings is 3. The summed E-state index contributed by atoms with van der Waals surface area (Å²) in [5.41, 5.74) is 8.26. The number of carboxylic acids is 1. The lowest BCUT2D eigenvalue weighted by Crippen LogP contribution is -2.24. The zero-order chi connectivity index (χ0) is 21.3. The highest BCUT2D eigenvalue weighted by atomic mass is 16.5. The normalized spacial score (nSPS) is 14.8. The second-order valence-electron chi connectivity index (χ2n) is 8.05. The Morgan fingerprint density at radius 1 is 1.07 bits per heavy atom. The van der Waals surface area contributed by atoms with Gasteiger partial charge >= 0.3 is 0 Å². The summed E-state index contributed by atoms with van der Waals surface area (Å²) in [4.78, 5) is 10.9. The van der Waals surface area contributed by atoms with E-state index >= 15 is 0 Å². The minimum absolute atomic E-state index is 0.0299. The summed E-state index contributed by atoms with van der Waals surface area (Å²) in [6, 6.07) is 18.4. The van der Waals surface area contributed by atoms with Crippen LogP contribution in [0.25, 0.3) is 11.1 Å². The van der Waals surface area contributed by atoms with E-state index in [1.54, 1.807) is 0 Å². The van der Waals surface area contributed by atoms with Crippen molar-refractivity contribution in [3.05, 3.63) is 82.4 Å². The maximum atomic E-state index is 10.9. The predicted molar refractivity (Wildman–Crippen MR) is 115 cm³/mol. The quantitative estimate of drug-likeness (QED) is 0.611. The van der Waals surface area contributed by atoms with Crippen LogP contribution in [0.1, 0.15) is 40.2 Å². The molecule has 0 spiro atoms. The topological polar surface area (TPSA) is 58.6 Å². The Morgan fingerprint density at radius 2 is 1.83 bits per heavy atom. The van der Waals surface area contributed by atoms with Gasteiger partial charge in [-0.25, -0.2) is 0 Å². The van der Waals surface area contributed by atoms with Crippen LogP contribution in [0.5, 0.6) is 11.5 Å². The van der Waals surface area contributed by atoms with Gasteiger partial charge < -0.3 is 19.4 Å². The van der Waals surface area contributed by atoms with Crippen LogP contribution in [0.4, 0.5) is 0 Å². The van der Waals surface area contributed by atoms with Crippen LogP contribution < -0.4 is 14.6 Å². The lowest BCUT2D eigenvalue weighted by Gasteiger charge is -2.14. The van der Waals surface area contributed by atoms with Crippen molar-refractivity contribution in [2.24, 2.45) is 0 Å². The van der Waals surface area contributed by atoms with Gasteiger partial charge in [-0.3, -0.25) is 0 Å². The highest BCUT2D eigenvalue weighted by molar-refractivity contribution is 5.71. The Bertz CT molecular complexity index is 1080. The lowest BCUT2D eigenvalue weighted by atomic mass is 9.93. The van der Waals surface area contributed by atoms with Crippen molar-refractivity contribution < 1.29 is 19.4 Å². The molecule has 154 valence electrons. The molecule has 3 aromatic rings. The van der Waals surface area contributed by atoms with Gasteiger partial charge in [-0.2, -0.15) is 0 Å². The van der Waals surface area contributed by atoms with E-state index in [1.807, 2.05) is 18.2 Å². The number of ether oxygens (including phenoxy) is 2. The van der Waals surface area contributed by atoms with E-state index in [0.717, 1.165) is 11.1 Å². The Hall–Kier alpha value is -3.27. The summed E-state index contributed by atoms with van der Waals surface area (Å²) in [5.74, 6) is 0.182. The standard InChI is InChI=1S/C26H26O4/c1-16-9-17(2)26(18(3)10-16)20-6-4-5-19(11-20)14-29-22-7-8-23-21(12-25(27)28)15-30-24(23)13-22/h4-11,13,21H,12,14-15H2,1-3H3,(H,27,28)/p-1. The highest BCUT2D eigenvalue weighted by Gasteiger charge is 2.24. The van der Waals surface area contributed by atoms with Crippen molar-refractivity contribution in [2.75, 3.05) is 6.61 Å². The minimum Gasteiger partial charge on any atom is -0.550 e. The number of rotatable bonds is 6. The van der Waals surface area contributed by atoms with Gasteiger partial charge in [0.15, 0.2) is 0 Å². The van der Waals surface area contributed by atoms with Crippen LogP contribution >= 0.6 is 0 Å². The molecule has 4 heteroatoms. The van der Waals surface area contributed by atoms with Crippen LogP contribution in [0.3, 0.4) is 0 Å². The van der Waals surface area contributed by atoms with Gasteiger partial charge in [0, 0.05) is 23.5 Å². The molecule has 1 unspecified atom stereocenters. The smallest absolute Gasteiger partial charge is 0.126 e. The average Bonchev–Trinajstić information content (AvgIpc) is 3.07. The molecule has 0 aliphatic carbocycles. The molecule has 1 heterocycles. The van der Waals surface area contributed by atoms with E-state index in [0.29, 0.717) is 24.7 Å². The molecule has 1 atom stereocenters. The maximum Gasteiger partial charge on any atom is 0.126 e. The van der Waals surface area contributed by atoms with Gasteiger partial charge in [0.25, 0.3) is 0 Å². The van der Waals surface area contributed by atoms with Gasteiger partial charge in [-0.05, 0) is 67.1 Å². The zero-order valence-electron chi connectivity index (χ0n) is 17.5. The third-order valence-corrected chi connectivity index (χ3v) is 5.58. The Balaban J connectivity index is 1.49. The number of carbonyl (C=O) groups excluding carboxylic acids is 1. The summed E-state index contributed by atoms with van der Waals surface area (Å²) in [6.45, 7) is 7.23. The van der Waals surface area contributed by atoms with E-state index in [-0.39, 0.29) is 12.3 Å². The van der Waals surface area contributed by atoms with Crippen molar-refractivity contribution in [2.45, 2.75) is 39.7 Å². The van der Waals surface area contributed by atoms with Crippen molar-refractivity contribution in [1.82, 2.24) is 0 Å². The monoisotopic (exact) mass is 401 g/mol. The molecule has 0 radical (unpaired) electrons. The van der Waals surface area contributed by atoms with Gasteiger partial charge in [0.1, 0.15) is 18.1 Å². The zero-order valence-corrected chi connectivity index (χ0v) is 17.5. The summed E-state index contributed by atoms with van der Waals surface area (Å²) < 4.78 is 11.6. The van der Waals surface area contributed by atoms with Crippen LogP contribution in [0.15, 0.2) is 54.6 Å². The molecule has 0 saturated heterocycles. The van der Waals surface area contributed by atoms with Gasteiger partial charge in [-0.15, -0.1) is 0 Å². The summed E-state index contributed by atoms with van der Waals surface area (Å²) in [6.07, 6.45) is -0.0299. The molecule has 0 saturated carbocycles. The number of carbonyl (C=O) groups is 1. The number of carboxylic acid groups (broad SMARTS) is 1. The number of aryl methyl sites for hydroxylation is 3. The van der Waals surface area contributed by atoms with Crippen LogP contribution in [0.2, 0.25) is 0 Å². The third kappa shape index (κ3) is 4.18. The van der Waals surface area contributed by atoms with Gasteiger partial charge in [-0.1, -0.05) is 42.0 Å². The summed E-state index contributed by atoms with van der Waals surface area (Å²) >= 11 is 0. The predicted octanol–water partition coefficient (Wildman–Crippen LogP) is 4.47. The Kier molecular flexibility index (Phi) is 5.49. The van der Waals surface area contributed by atoms with E-state index in [9.17, 15) is 9.90 Å². The molecule has 0 aromatic heterocycles. The maximum absolute atomic E-state index is 10.9. The molecule has 4 nitrogen and oxygen atoms in total. The summed E-state index contributed by atoms with van der Waals surface area (Å²) in [7, 11) is 0. The largest absolute Gasteiger partial charge is 0.550 e. The van der Waals surface area contributed by atoms with Crippen molar-refractivity contribution in [3.8, 4) is 22.6 Å². The first kappa shape index (κ1) is 20.0. The fraction of sp³-hybridized carbons (Fsp3) is 0.269. The Labute approximate surface area is 177 Å². The second kappa shape index (κ2) is 8.23. The first-order valence-corrected chi connectivity index (χ1v) is 10.2. The molecule has 0 bridgehead atoms. The van der Waals surface area contributed by atoms with Crippen LogP contribution in [-0.4, -0.2) is 12.6 Å². The number of hydrogen-bond acceptors (Lipinski definition) is 4. The first-order chi connectivity index (χ1) is 14.4. The molecular weight excluding hydrogens is 376 g/mol. The SMILES string of the molecule is Cc1cc(C)c(-c2cccc(COc3ccc4c(c3)OCC4CC(=O)[O-])c2)c(C)c1. The molecule has 0 fully saturated rings. The van der Waals surface area contributed by atoms with Crippen LogP contribution in [-0.2, 0) is 11.4 Å². The van der Waals surface area contributed by atoms with E-state index in [4.69, 9.17) is 9.47 Å². The van der Waals surface area contributed by atoms with Gasteiger partial charge in [0.05, 0.1) is 6.61 Å². The molecule has 30 heavy (non-hydrogen) atoms.